The normalized spacial score (nSPS) is 12.8. The number of hydrogen-bond donors (Lipinski definition) is 1. The number of methoxy groups -OCH3 is 1. The van der Waals surface area contributed by atoms with E-state index < -0.39 is 0 Å². The number of rotatable bonds is 5. The lowest BCUT2D eigenvalue weighted by Gasteiger charge is -2.14. The van der Waals surface area contributed by atoms with Crippen LogP contribution >= 0.6 is 11.6 Å². The molecule has 0 aromatic heterocycles. The van der Waals surface area contributed by atoms with Gasteiger partial charge < -0.3 is 10.5 Å². The molecule has 0 fully saturated rings. The van der Waals surface area contributed by atoms with Crippen molar-refractivity contribution in [2.45, 2.75) is 12.3 Å². The maximum atomic E-state index is 5.91. The van der Waals surface area contributed by atoms with E-state index >= 15 is 0 Å². The second-order valence-electron chi connectivity index (χ2n) is 3.27. The molecular weight excluding hydrogens is 198 g/mol. The molecule has 0 heterocycles. The van der Waals surface area contributed by atoms with Gasteiger partial charge in [0.1, 0.15) is 0 Å². The lowest BCUT2D eigenvalue weighted by atomic mass is 9.96. The molecule has 14 heavy (non-hydrogen) atoms. The molecule has 0 saturated heterocycles. The Labute approximate surface area is 90.0 Å². The van der Waals surface area contributed by atoms with E-state index in [1.807, 2.05) is 18.2 Å². The van der Waals surface area contributed by atoms with Crippen molar-refractivity contribution in [3.8, 4) is 0 Å². The Hall–Kier alpha value is -0.570. The van der Waals surface area contributed by atoms with E-state index in [4.69, 9.17) is 22.1 Å². The van der Waals surface area contributed by atoms with Gasteiger partial charge in [-0.25, -0.2) is 0 Å². The van der Waals surface area contributed by atoms with Crippen LogP contribution in [-0.2, 0) is 4.74 Å². The molecule has 1 aromatic carbocycles. The smallest absolute Gasteiger partial charge is 0.0468 e. The van der Waals surface area contributed by atoms with Crippen LogP contribution in [0.25, 0.3) is 0 Å². The molecule has 1 rings (SSSR count). The average Bonchev–Trinajstić information content (AvgIpc) is 2.19. The highest BCUT2D eigenvalue weighted by Gasteiger charge is 2.09. The molecule has 0 bridgehead atoms. The van der Waals surface area contributed by atoms with Crippen molar-refractivity contribution < 1.29 is 4.74 Å². The van der Waals surface area contributed by atoms with Crippen LogP contribution in [0, 0.1) is 0 Å². The summed E-state index contributed by atoms with van der Waals surface area (Å²) in [6.45, 7) is 1.36. The Morgan fingerprint density at radius 3 is 2.86 bits per heavy atom. The van der Waals surface area contributed by atoms with Gasteiger partial charge in [0.15, 0.2) is 0 Å². The highest BCUT2D eigenvalue weighted by molar-refractivity contribution is 6.30. The number of ether oxygens (including phenoxy) is 1. The van der Waals surface area contributed by atoms with E-state index in [9.17, 15) is 0 Å². The first-order valence-corrected chi connectivity index (χ1v) is 5.10. The largest absolute Gasteiger partial charge is 0.385 e. The molecule has 1 unspecified atom stereocenters. The summed E-state index contributed by atoms with van der Waals surface area (Å²) in [5.41, 5.74) is 6.89. The first-order chi connectivity index (χ1) is 6.77. The van der Waals surface area contributed by atoms with Gasteiger partial charge >= 0.3 is 0 Å². The first-order valence-electron chi connectivity index (χ1n) is 4.72. The summed E-state index contributed by atoms with van der Waals surface area (Å²) in [7, 11) is 1.70. The summed E-state index contributed by atoms with van der Waals surface area (Å²) < 4.78 is 5.04. The topological polar surface area (TPSA) is 35.2 Å². The molecule has 1 atom stereocenters. The van der Waals surface area contributed by atoms with E-state index in [-0.39, 0.29) is 0 Å². The van der Waals surface area contributed by atoms with E-state index in [0.717, 1.165) is 18.1 Å². The second kappa shape index (κ2) is 6.02. The third-order valence-corrected chi connectivity index (χ3v) is 2.51. The van der Waals surface area contributed by atoms with Gasteiger partial charge in [-0.2, -0.15) is 0 Å². The Morgan fingerprint density at radius 2 is 2.29 bits per heavy atom. The molecule has 0 radical (unpaired) electrons. The zero-order valence-corrected chi connectivity index (χ0v) is 9.13. The van der Waals surface area contributed by atoms with Crippen LogP contribution in [0.3, 0.4) is 0 Å². The molecule has 0 aliphatic carbocycles. The highest BCUT2D eigenvalue weighted by Crippen LogP contribution is 2.21. The minimum absolute atomic E-state index is 0.341. The number of benzene rings is 1. The summed E-state index contributed by atoms with van der Waals surface area (Å²) in [4.78, 5) is 0. The van der Waals surface area contributed by atoms with Crippen LogP contribution in [0.1, 0.15) is 17.9 Å². The minimum Gasteiger partial charge on any atom is -0.385 e. The summed E-state index contributed by atoms with van der Waals surface area (Å²) in [5, 5.41) is 0.762. The van der Waals surface area contributed by atoms with Gasteiger partial charge in [0.2, 0.25) is 0 Å². The Kier molecular flexibility index (Phi) is 4.94. The van der Waals surface area contributed by atoms with Crippen LogP contribution in [0.4, 0.5) is 0 Å². The monoisotopic (exact) mass is 213 g/mol. The fraction of sp³-hybridized carbons (Fsp3) is 0.455. The van der Waals surface area contributed by atoms with Gasteiger partial charge in [0.25, 0.3) is 0 Å². The molecule has 0 saturated carbocycles. The van der Waals surface area contributed by atoms with Crippen LogP contribution in [-0.4, -0.2) is 20.3 Å². The van der Waals surface area contributed by atoms with Gasteiger partial charge in [0, 0.05) is 18.7 Å². The van der Waals surface area contributed by atoms with E-state index in [1.54, 1.807) is 7.11 Å². The van der Waals surface area contributed by atoms with Gasteiger partial charge in [-0.3, -0.25) is 0 Å². The summed E-state index contributed by atoms with van der Waals surface area (Å²) in [5.74, 6) is 0.341. The molecule has 0 spiro atoms. The number of hydrogen-bond acceptors (Lipinski definition) is 2. The van der Waals surface area contributed by atoms with E-state index in [2.05, 4.69) is 6.07 Å². The number of halogens is 1. The molecule has 78 valence electrons. The zero-order chi connectivity index (χ0) is 10.4. The molecule has 2 nitrogen and oxygen atoms in total. The van der Waals surface area contributed by atoms with Crippen LogP contribution in [0.2, 0.25) is 5.02 Å². The standard InChI is InChI=1S/C11H16ClNO/c1-14-6-5-10(8-13)9-3-2-4-11(12)7-9/h2-4,7,10H,5-6,8,13H2,1H3. The van der Waals surface area contributed by atoms with Crippen molar-refractivity contribution in [3.63, 3.8) is 0 Å². The summed E-state index contributed by atoms with van der Waals surface area (Å²) >= 11 is 5.91. The molecule has 1 aromatic rings. The quantitative estimate of drug-likeness (QED) is 0.816. The van der Waals surface area contributed by atoms with Crippen molar-refractivity contribution in [1.82, 2.24) is 0 Å². The maximum absolute atomic E-state index is 5.91. The SMILES string of the molecule is COCCC(CN)c1cccc(Cl)c1. The van der Waals surface area contributed by atoms with Gasteiger partial charge in [-0.15, -0.1) is 0 Å². The fourth-order valence-corrected chi connectivity index (χ4v) is 1.64. The maximum Gasteiger partial charge on any atom is 0.0468 e. The second-order valence-corrected chi connectivity index (χ2v) is 3.71. The van der Waals surface area contributed by atoms with Crippen LogP contribution in [0.15, 0.2) is 24.3 Å². The predicted molar refractivity (Wildman–Crippen MR) is 59.7 cm³/mol. The molecular formula is C11H16ClNO. The average molecular weight is 214 g/mol. The van der Waals surface area contributed by atoms with Crippen LogP contribution in [0.5, 0.6) is 0 Å². The van der Waals surface area contributed by atoms with Gasteiger partial charge in [0.05, 0.1) is 0 Å². The van der Waals surface area contributed by atoms with E-state index in [1.165, 1.54) is 5.56 Å². The van der Waals surface area contributed by atoms with Crippen molar-refractivity contribution in [1.29, 1.82) is 0 Å². The van der Waals surface area contributed by atoms with Crippen molar-refractivity contribution in [2.24, 2.45) is 5.73 Å². The number of nitrogens with two attached hydrogens (primary N) is 1. The fourth-order valence-electron chi connectivity index (χ4n) is 1.44. The summed E-state index contributed by atoms with van der Waals surface area (Å²) in [6.07, 6.45) is 0.938. The predicted octanol–water partition coefficient (Wildman–Crippen LogP) is 2.42. The minimum atomic E-state index is 0.341. The van der Waals surface area contributed by atoms with Gasteiger partial charge in [-0.05, 0) is 36.6 Å². The third-order valence-electron chi connectivity index (χ3n) is 2.28. The molecule has 3 heteroatoms. The molecule has 0 aliphatic rings. The summed E-state index contributed by atoms with van der Waals surface area (Å²) in [6, 6.07) is 7.84. The highest BCUT2D eigenvalue weighted by atomic mass is 35.5. The van der Waals surface area contributed by atoms with Crippen LogP contribution < -0.4 is 5.73 Å². The Balaban J connectivity index is 2.68. The zero-order valence-electron chi connectivity index (χ0n) is 8.37. The Morgan fingerprint density at radius 1 is 1.50 bits per heavy atom. The van der Waals surface area contributed by atoms with Crippen molar-refractivity contribution >= 4 is 11.6 Å². The molecule has 2 N–H and O–H groups in total. The molecule has 0 amide bonds. The Bertz CT molecular complexity index is 278. The lowest BCUT2D eigenvalue weighted by molar-refractivity contribution is 0.188. The first kappa shape index (κ1) is 11.5. The van der Waals surface area contributed by atoms with Crippen molar-refractivity contribution in [3.05, 3.63) is 34.9 Å². The van der Waals surface area contributed by atoms with E-state index in [0.29, 0.717) is 12.5 Å². The molecule has 0 aliphatic heterocycles. The van der Waals surface area contributed by atoms with Crippen molar-refractivity contribution in [2.75, 3.05) is 20.3 Å². The lowest BCUT2D eigenvalue weighted by Crippen LogP contribution is -2.14. The third kappa shape index (κ3) is 3.29. The van der Waals surface area contributed by atoms with Gasteiger partial charge in [-0.1, -0.05) is 23.7 Å².